The minimum Gasteiger partial charge on any atom is -0.350 e. The van der Waals surface area contributed by atoms with Crippen LogP contribution in [-0.4, -0.2) is 16.7 Å². The summed E-state index contributed by atoms with van der Waals surface area (Å²) < 4.78 is 0. The van der Waals surface area contributed by atoms with Crippen molar-refractivity contribution < 1.29 is 9.59 Å². The zero-order valence-corrected chi connectivity index (χ0v) is 17.7. The van der Waals surface area contributed by atoms with Gasteiger partial charge in [-0.05, 0) is 22.8 Å². The van der Waals surface area contributed by atoms with E-state index in [-0.39, 0.29) is 11.8 Å². The van der Waals surface area contributed by atoms with Crippen molar-refractivity contribution >= 4 is 23.4 Å². The fraction of sp³-hybridized carbons (Fsp3) is 0.200. The summed E-state index contributed by atoms with van der Waals surface area (Å²) in [6.45, 7) is 2.46. The molecule has 1 atom stereocenters. The van der Waals surface area contributed by atoms with Gasteiger partial charge in [0.2, 0.25) is 11.8 Å². The lowest BCUT2D eigenvalue weighted by atomic mass is 10.0. The normalized spacial score (nSPS) is 11.5. The quantitative estimate of drug-likeness (QED) is 0.548. The molecule has 3 aromatic rings. The maximum Gasteiger partial charge on any atom is 0.247 e. The lowest BCUT2D eigenvalue weighted by Gasteiger charge is -2.31. The van der Waals surface area contributed by atoms with Crippen LogP contribution in [0.2, 0.25) is 5.02 Å². The molecular weight excluding hydrogens is 396 g/mol. The average molecular weight is 421 g/mol. The zero-order valence-electron chi connectivity index (χ0n) is 16.9. The molecule has 0 aromatic heterocycles. The fourth-order valence-electron chi connectivity index (χ4n) is 3.34. The summed E-state index contributed by atoms with van der Waals surface area (Å²) in [5.41, 5.74) is 2.57. The van der Waals surface area contributed by atoms with Crippen LogP contribution in [0.15, 0.2) is 84.9 Å². The first kappa shape index (κ1) is 21.6. The van der Waals surface area contributed by atoms with Gasteiger partial charge in [-0.1, -0.05) is 97.4 Å². The molecule has 0 radical (unpaired) electrons. The second-order valence-electron chi connectivity index (χ2n) is 6.98. The molecule has 0 aliphatic carbocycles. The topological polar surface area (TPSA) is 49.4 Å². The molecule has 0 unspecified atom stereocenters. The minimum atomic E-state index is -0.735. The average Bonchev–Trinajstić information content (AvgIpc) is 2.79. The van der Waals surface area contributed by atoms with Crippen LogP contribution >= 0.6 is 11.6 Å². The van der Waals surface area contributed by atoms with Crippen LogP contribution in [0.5, 0.6) is 0 Å². The van der Waals surface area contributed by atoms with Crippen LogP contribution in [0.3, 0.4) is 0 Å². The van der Waals surface area contributed by atoms with E-state index in [1.165, 1.54) is 0 Å². The van der Waals surface area contributed by atoms with Gasteiger partial charge in [-0.15, -0.1) is 0 Å². The van der Waals surface area contributed by atoms with E-state index in [2.05, 4.69) is 5.32 Å². The van der Waals surface area contributed by atoms with Gasteiger partial charge in [0.15, 0.2) is 0 Å². The number of nitrogens with one attached hydrogen (secondary N) is 1. The van der Waals surface area contributed by atoms with Gasteiger partial charge in [-0.2, -0.15) is 0 Å². The standard InChI is InChI=1S/C25H25ClN2O2/c1-2-23(29)28(18-19-11-5-3-6-12-19)24(20-13-7-4-8-14-20)25(30)27-17-21-15-9-10-16-22(21)26/h3-16,24H,2,17-18H2,1H3,(H,27,30)/t24-/m0/s1. The molecule has 3 aromatic carbocycles. The summed E-state index contributed by atoms with van der Waals surface area (Å²) in [4.78, 5) is 27.9. The van der Waals surface area contributed by atoms with Gasteiger partial charge >= 0.3 is 0 Å². The van der Waals surface area contributed by atoms with E-state index in [1.54, 1.807) is 11.0 Å². The predicted molar refractivity (Wildman–Crippen MR) is 120 cm³/mol. The Bertz CT molecular complexity index is 977. The number of hydrogen-bond donors (Lipinski definition) is 1. The highest BCUT2D eigenvalue weighted by atomic mass is 35.5. The first-order valence-electron chi connectivity index (χ1n) is 9.99. The largest absolute Gasteiger partial charge is 0.350 e. The number of carbonyl (C=O) groups excluding carboxylic acids is 2. The van der Waals surface area contributed by atoms with E-state index in [1.807, 2.05) is 85.8 Å². The Morgan fingerprint density at radius 2 is 1.50 bits per heavy atom. The number of halogens is 1. The van der Waals surface area contributed by atoms with Crippen molar-refractivity contribution in [3.63, 3.8) is 0 Å². The third kappa shape index (κ3) is 5.49. The third-order valence-electron chi connectivity index (χ3n) is 4.90. The van der Waals surface area contributed by atoms with Gasteiger partial charge in [0, 0.05) is 24.5 Å². The molecule has 0 saturated heterocycles. The number of benzene rings is 3. The first-order chi connectivity index (χ1) is 14.6. The molecule has 30 heavy (non-hydrogen) atoms. The molecule has 0 fully saturated rings. The highest BCUT2D eigenvalue weighted by molar-refractivity contribution is 6.31. The Balaban J connectivity index is 1.90. The van der Waals surface area contributed by atoms with Crippen LogP contribution in [0.25, 0.3) is 0 Å². The van der Waals surface area contributed by atoms with Crippen molar-refractivity contribution in [2.24, 2.45) is 0 Å². The van der Waals surface area contributed by atoms with Crippen LogP contribution in [-0.2, 0) is 22.7 Å². The molecular formula is C25H25ClN2O2. The van der Waals surface area contributed by atoms with Crippen LogP contribution in [0.4, 0.5) is 0 Å². The molecule has 0 heterocycles. The lowest BCUT2D eigenvalue weighted by molar-refractivity contribution is -0.141. The maximum atomic E-state index is 13.3. The smallest absolute Gasteiger partial charge is 0.247 e. The fourth-order valence-corrected chi connectivity index (χ4v) is 3.54. The van der Waals surface area contributed by atoms with Crippen molar-refractivity contribution in [3.8, 4) is 0 Å². The lowest BCUT2D eigenvalue weighted by Crippen LogP contribution is -2.43. The Morgan fingerprint density at radius 3 is 2.13 bits per heavy atom. The van der Waals surface area contributed by atoms with Crippen molar-refractivity contribution in [3.05, 3.63) is 107 Å². The van der Waals surface area contributed by atoms with E-state index < -0.39 is 6.04 Å². The monoisotopic (exact) mass is 420 g/mol. The van der Waals surface area contributed by atoms with Crippen molar-refractivity contribution in [2.45, 2.75) is 32.5 Å². The van der Waals surface area contributed by atoms with Crippen molar-refractivity contribution in [2.75, 3.05) is 0 Å². The second-order valence-corrected chi connectivity index (χ2v) is 7.39. The van der Waals surface area contributed by atoms with Crippen LogP contribution < -0.4 is 5.32 Å². The summed E-state index contributed by atoms with van der Waals surface area (Å²) in [5, 5.41) is 3.56. The number of nitrogens with zero attached hydrogens (tertiary/aromatic N) is 1. The zero-order chi connectivity index (χ0) is 21.3. The van der Waals surface area contributed by atoms with Gasteiger partial charge in [0.25, 0.3) is 0 Å². The molecule has 0 bridgehead atoms. The van der Waals surface area contributed by atoms with E-state index in [9.17, 15) is 9.59 Å². The summed E-state index contributed by atoms with van der Waals surface area (Å²) in [6, 6.07) is 25.8. The van der Waals surface area contributed by atoms with Gasteiger partial charge in [-0.25, -0.2) is 0 Å². The van der Waals surface area contributed by atoms with Gasteiger partial charge in [-0.3, -0.25) is 9.59 Å². The van der Waals surface area contributed by atoms with Crippen molar-refractivity contribution in [1.29, 1.82) is 0 Å². The number of carbonyl (C=O) groups is 2. The SMILES string of the molecule is CCC(=O)N(Cc1ccccc1)[C@H](C(=O)NCc1ccccc1Cl)c1ccccc1. The number of amides is 2. The van der Waals surface area contributed by atoms with Crippen LogP contribution in [0, 0.1) is 0 Å². The Labute approximate surface area is 182 Å². The maximum absolute atomic E-state index is 13.3. The molecule has 5 heteroatoms. The Kier molecular flexibility index (Phi) is 7.63. The summed E-state index contributed by atoms with van der Waals surface area (Å²) in [7, 11) is 0. The van der Waals surface area contributed by atoms with E-state index in [0.717, 1.165) is 16.7 Å². The number of hydrogen-bond acceptors (Lipinski definition) is 2. The predicted octanol–water partition coefficient (Wildman–Crippen LogP) is 5.14. The Hall–Kier alpha value is -3.11. The molecule has 0 aliphatic heterocycles. The van der Waals surface area contributed by atoms with E-state index in [4.69, 9.17) is 11.6 Å². The summed E-state index contributed by atoms with van der Waals surface area (Å²) in [6.07, 6.45) is 0.313. The minimum absolute atomic E-state index is 0.0828. The van der Waals surface area contributed by atoms with E-state index >= 15 is 0 Å². The molecule has 4 nitrogen and oxygen atoms in total. The van der Waals surface area contributed by atoms with Gasteiger partial charge in [0.05, 0.1) is 0 Å². The Morgan fingerprint density at radius 1 is 0.900 bits per heavy atom. The highest BCUT2D eigenvalue weighted by Crippen LogP contribution is 2.25. The van der Waals surface area contributed by atoms with Gasteiger partial charge in [0.1, 0.15) is 6.04 Å². The molecule has 1 N–H and O–H groups in total. The molecule has 154 valence electrons. The summed E-state index contributed by atoms with van der Waals surface area (Å²) in [5.74, 6) is -0.320. The van der Waals surface area contributed by atoms with Crippen molar-refractivity contribution in [1.82, 2.24) is 10.2 Å². The van der Waals surface area contributed by atoms with Gasteiger partial charge < -0.3 is 10.2 Å². The number of rotatable bonds is 8. The molecule has 0 saturated carbocycles. The third-order valence-corrected chi connectivity index (χ3v) is 5.27. The second kappa shape index (κ2) is 10.6. The summed E-state index contributed by atoms with van der Waals surface area (Å²) >= 11 is 6.23. The first-order valence-corrected chi connectivity index (χ1v) is 10.4. The molecule has 0 spiro atoms. The molecule has 3 rings (SSSR count). The highest BCUT2D eigenvalue weighted by Gasteiger charge is 2.30. The molecule has 2 amide bonds. The molecule has 0 aliphatic rings. The van der Waals surface area contributed by atoms with E-state index in [0.29, 0.717) is 24.5 Å². The van der Waals surface area contributed by atoms with Crippen LogP contribution in [0.1, 0.15) is 36.1 Å².